The van der Waals surface area contributed by atoms with Crippen LogP contribution in [-0.4, -0.2) is 234 Å². The zero-order chi connectivity index (χ0) is 51.5. The predicted octanol–water partition coefficient (Wildman–Crippen LogP) is -2.64. The SMILES string of the molecule is CC(=O)NC1CC(O)[C@@H](O)C(CO)O[C@H]1OCCCCCOCCC(COCCCCCO[C@@H]1OC(CO)C(O)(CO)CC1NC(C)=O)OCCCCCO[C@@H]1OC(CO)[C@H](O)C(O)CC1NC(C)=O. The fraction of sp³-hybridized carbons (Fsp3) is 0.935. The molecule has 410 valence electrons. The Kier molecular flexibility index (Phi) is 30.3. The Hall–Kier alpha value is -2.31. The van der Waals surface area contributed by atoms with Crippen LogP contribution >= 0.6 is 0 Å². The van der Waals surface area contributed by atoms with Gasteiger partial charge < -0.3 is 105 Å². The molecule has 3 aliphatic heterocycles. The van der Waals surface area contributed by atoms with Crippen molar-refractivity contribution in [3.63, 3.8) is 0 Å². The largest absolute Gasteiger partial charge is 0.394 e. The molecule has 12 N–H and O–H groups in total. The maximum atomic E-state index is 11.8. The van der Waals surface area contributed by atoms with Gasteiger partial charge in [0.25, 0.3) is 0 Å². The van der Waals surface area contributed by atoms with E-state index in [2.05, 4.69) is 16.0 Å². The minimum atomic E-state index is -1.73. The predicted molar refractivity (Wildman–Crippen MR) is 245 cm³/mol. The van der Waals surface area contributed by atoms with E-state index in [1.165, 1.54) is 20.8 Å². The number of carbonyl (C=O) groups is 3. The van der Waals surface area contributed by atoms with E-state index in [0.29, 0.717) is 65.1 Å². The fourth-order valence-corrected chi connectivity index (χ4v) is 8.45. The number of hydrogen-bond acceptors (Lipinski definition) is 21. The number of aliphatic hydroxyl groups excluding tert-OH is 8. The van der Waals surface area contributed by atoms with Gasteiger partial charge in [-0.15, -0.1) is 0 Å². The Morgan fingerprint density at radius 1 is 0.557 bits per heavy atom. The van der Waals surface area contributed by atoms with Gasteiger partial charge in [-0.3, -0.25) is 14.4 Å². The molecule has 24 heteroatoms. The van der Waals surface area contributed by atoms with Crippen molar-refractivity contribution in [2.45, 2.75) is 196 Å². The second kappa shape index (κ2) is 34.2. The molecule has 10 unspecified atom stereocenters. The molecule has 0 radical (unpaired) electrons. The summed E-state index contributed by atoms with van der Waals surface area (Å²) in [5.41, 5.74) is -1.73. The summed E-state index contributed by atoms with van der Waals surface area (Å²) in [6, 6.07) is -2.16. The molecule has 0 aromatic carbocycles. The number of amides is 3. The molecule has 0 saturated carbocycles. The van der Waals surface area contributed by atoms with Crippen LogP contribution in [-0.2, 0) is 57.0 Å². The van der Waals surface area contributed by atoms with Crippen LogP contribution < -0.4 is 16.0 Å². The lowest BCUT2D eigenvalue weighted by molar-refractivity contribution is -0.277. The summed E-state index contributed by atoms with van der Waals surface area (Å²) < 4.78 is 53.1. The molecule has 70 heavy (non-hydrogen) atoms. The molecule has 3 heterocycles. The van der Waals surface area contributed by atoms with Crippen molar-refractivity contribution in [1.82, 2.24) is 16.0 Å². The van der Waals surface area contributed by atoms with E-state index in [4.69, 9.17) is 42.6 Å². The molecule has 3 saturated heterocycles. The molecule has 3 fully saturated rings. The molecule has 24 nitrogen and oxygen atoms in total. The van der Waals surface area contributed by atoms with E-state index < -0.39 is 112 Å². The summed E-state index contributed by atoms with van der Waals surface area (Å²) in [7, 11) is 0. The maximum absolute atomic E-state index is 11.8. The van der Waals surface area contributed by atoms with E-state index in [0.717, 1.165) is 32.1 Å². The standard InChI is InChI=1S/C46H85N3O21/c1-29(54)47-33-21-36(57)41(59)38(24-50)68-43(33)65-17-10-4-7-14-62-20-13-32(64-16-9-6-12-18-66-44-34(48-30(2)55)22-37(58)42(60)39(25-51)69-44)27-63-15-8-5-11-19-67-45-35(49-31(3)56)23-46(61,28-53)40(26-52)70-45/h32-45,50-53,57-61H,4-28H2,1-3H3,(H,47,54)(H,48,55)(H,49,56)/t32?,33?,34?,35?,36?,37?,38?,39?,40?,41-,42-,43-,44-,45-,46?/m1/s1. The molecule has 3 amide bonds. The first kappa shape index (κ1) is 62.0. The van der Waals surface area contributed by atoms with Crippen molar-refractivity contribution >= 4 is 17.7 Å². The summed E-state index contributed by atoms with van der Waals surface area (Å²) in [5, 5.41) is 98.9. The van der Waals surface area contributed by atoms with Crippen LogP contribution in [0.5, 0.6) is 0 Å². The highest BCUT2D eigenvalue weighted by molar-refractivity contribution is 5.74. The number of aliphatic hydroxyl groups is 9. The normalized spacial score (nSPS) is 32.1. The van der Waals surface area contributed by atoms with Gasteiger partial charge in [-0.2, -0.15) is 0 Å². The Balaban J connectivity index is 1.41. The highest BCUT2D eigenvalue weighted by Crippen LogP contribution is 2.30. The Morgan fingerprint density at radius 2 is 0.986 bits per heavy atom. The van der Waals surface area contributed by atoms with Gasteiger partial charge in [-0.25, -0.2) is 0 Å². The topological polar surface area (TPSA) is 352 Å². The van der Waals surface area contributed by atoms with Gasteiger partial charge in [0, 0.05) is 86.3 Å². The molecule has 0 aliphatic carbocycles. The number of hydrogen-bond donors (Lipinski definition) is 12. The van der Waals surface area contributed by atoms with E-state index >= 15 is 0 Å². The van der Waals surface area contributed by atoms with Crippen LogP contribution in [0.25, 0.3) is 0 Å². The maximum Gasteiger partial charge on any atom is 0.217 e. The third kappa shape index (κ3) is 22.4. The molecular formula is C46H85N3O21. The van der Waals surface area contributed by atoms with Gasteiger partial charge in [0.2, 0.25) is 17.7 Å². The zero-order valence-electron chi connectivity index (χ0n) is 41.2. The number of ether oxygens (including phenoxy) is 9. The Labute approximate surface area is 410 Å². The summed E-state index contributed by atoms with van der Waals surface area (Å²) in [5.74, 6) is -1.06. The molecule has 3 rings (SSSR count). The average Bonchev–Trinajstić information content (AvgIpc) is 3.50. The van der Waals surface area contributed by atoms with Crippen LogP contribution in [0.4, 0.5) is 0 Å². The molecule has 0 spiro atoms. The third-order valence-corrected chi connectivity index (χ3v) is 12.3. The van der Waals surface area contributed by atoms with Crippen molar-refractivity contribution in [2.24, 2.45) is 0 Å². The van der Waals surface area contributed by atoms with E-state index in [1.54, 1.807) is 0 Å². The van der Waals surface area contributed by atoms with E-state index in [9.17, 15) is 60.3 Å². The lowest BCUT2D eigenvalue weighted by Crippen LogP contribution is -2.63. The number of carbonyl (C=O) groups excluding carboxylic acids is 3. The molecule has 0 bridgehead atoms. The number of rotatable bonds is 34. The highest BCUT2D eigenvalue weighted by Gasteiger charge is 2.48. The van der Waals surface area contributed by atoms with Crippen molar-refractivity contribution in [2.75, 3.05) is 79.3 Å². The van der Waals surface area contributed by atoms with E-state index in [1.807, 2.05) is 0 Å². The monoisotopic (exact) mass is 1020 g/mol. The van der Waals surface area contributed by atoms with Gasteiger partial charge in [0.1, 0.15) is 36.1 Å². The lowest BCUT2D eigenvalue weighted by Gasteiger charge is -2.45. The first-order chi connectivity index (χ1) is 33.5. The van der Waals surface area contributed by atoms with Crippen LogP contribution in [0.15, 0.2) is 0 Å². The Bertz CT molecular complexity index is 1440. The molecular weight excluding hydrogens is 931 g/mol. The molecule has 15 atom stereocenters. The van der Waals surface area contributed by atoms with Gasteiger partial charge in [0.05, 0.1) is 69.5 Å². The first-order valence-electron chi connectivity index (χ1n) is 24.8. The van der Waals surface area contributed by atoms with Crippen LogP contribution in [0.1, 0.15) is 104 Å². The number of nitrogens with one attached hydrogen (secondary N) is 3. The second-order valence-electron chi connectivity index (χ2n) is 18.4. The second-order valence-corrected chi connectivity index (χ2v) is 18.4. The summed E-state index contributed by atoms with van der Waals surface area (Å²) in [4.78, 5) is 35.4. The lowest BCUT2D eigenvalue weighted by atomic mass is 9.86. The van der Waals surface area contributed by atoms with Crippen LogP contribution in [0.3, 0.4) is 0 Å². The first-order valence-corrected chi connectivity index (χ1v) is 24.8. The highest BCUT2D eigenvalue weighted by atomic mass is 16.7. The Morgan fingerprint density at radius 3 is 1.43 bits per heavy atom. The van der Waals surface area contributed by atoms with Crippen molar-refractivity contribution < 1.29 is 103 Å². The van der Waals surface area contributed by atoms with Gasteiger partial charge in [-0.1, -0.05) is 0 Å². The quantitative estimate of drug-likeness (QED) is 0.0293. The van der Waals surface area contributed by atoms with Crippen molar-refractivity contribution in [3.8, 4) is 0 Å². The van der Waals surface area contributed by atoms with Crippen molar-refractivity contribution in [1.29, 1.82) is 0 Å². The number of unbranched alkanes of at least 4 members (excludes halogenated alkanes) is 6. The minimum absolute atomic E-state index is 0.00333. The van der Waals surface area contributed by atoms with E-state index in [-0.39, 0.29) is 62.9 Å². The third-order valence-electron chi connectivity index (χ3n) is 12.3. The van der Waals surface area contributed by atoms with Gasteiger partial charge in [0.15, 0.2) is 18.9 Å². The minimum Gasteiger partial charge on any atom is -0.394 e. The van der Waals surface area contributed by atoms with Crippen molar-refractivity contribution in [3.05, 3.63) is 0 Å². The summed E-state index contributed by atoms with van der Waals surface area (Å²) in [6.45, 7) is 4.66. The average molecular weight is 1020 g/mol. The molecule has 0 aromatic rings. The summed E-state index contributed by atoms with van der Waals surface area (Å²) >= 11 is 0. The molecule has 3 aliphatic rings. The summed E-state index contributed by atoms with van der Waals surface area (Å²) in [6.07, 6.45) is -4.66. The van der Waals surface area contributed by atoms with Gasteiger partial charge >= 0.3 is 0 Å². The fourth-order valence-electron chi connectivity index (χ4n) is 8.45. The van der Waals surface area contributed by atoms with Crippen LogP contribution in [0.2, 0.25) is 0 Å². The van der Waals surface area contributed by atoms with Gasteiger partial charge in [-0.05, 0) is 64.2 Å². The zero-order valence-corrected chi connectivity index (χ0v) is 41.2. The smallest absolute Gasteiger partial charge is 0.217 e. The van der Waals surface area contributed by atoms with Crippen LogP contribution in [0, 0.1) is 0 Å². The molecule has 0 aromatic heterocycles.